The highest BCUT2D eigenvalue weighted by Gasteiger charge is 2.19. The summed E-state index contributed by atoms with van der Waals surface area (Å²) in [6.07, 6.45) is 2.24. The number of furan rings is 1. The van der Waals surface area contributed by atoms with Crippen LogP contribution in [0.3, 0.4) is 0 Å². The van der Waals surface area contributed by atoms with Gasteiger partial charge < -0.3 is 14.7 Å². The molecule has 0 fully saturated rings. The average Bonchev–Trinajstić information content (AvgIpc) is 2.97. The monoisotopic (exact) mass is 274 g/mol. The van der Waals surface area contributed by atoms with E-state index in [-0.39, 0.29) is 11.7 Å². The van der Waals surface area contributed by atoms with Crippen LogP contribution in [0.1, 0.15) is 44.8 Å². The summed E-state index contributed by atoms with van der Waals surface area (Å²) < 4.78 is 5.20. The molecule has 2 N–H and O–H groups in total. The van der Waals surface area contributed by atoms with Crippen molar-refractivity contribution in [2.75, 3.05) is 6.54 Å². The molecule has 0 aliphatic carbocycles. The van der Waals surface area contributed by atoms with Gasteiger partial charge in [0.2, 0.25) is 0 Å². The summed E-state index contributed by atoms with van der Waals surface area (Å²) >= 11 is 0. The molecule has 20 heavy (non-hydrogen) atoms. The number of H-pyrrole nitrogens is 1. The topological polar surface area (TPSA) is 75.1 Å². The minimum Gasteiger partial charge on any atom is -0.469 e. The highest BCUT2D eigenvalue weighted by atomic mass is 16.3. The Morgan fingerprint density at radius 3 is 2.65 bits per heavy atom. The maximum atomic E-state index is 12.1. The van der Waals surface area contributed by atoms with Crippen LogP contribution in [0.5, 0.6) is 0 Å². The minimum atomic E-state index is -0.204. The number of ketones is 1. The lowest BCUT2D eigenvalue weighted by molar-refractivity contribution is 0.0948. The summed E-state index contributed by atoms with van der Waals surface area (Å²) in [7, 11) is 0. The first kappa shape index (κ1) is 14.1. The summed E-state index contributed by atoms with van der Waals surface area (Å²) in [4.78, 5) is 26.6. The number of Topliss-reactive ketones (excluding diaryl/α,β-unsaturated/α-hetero) is 1. The second-order valence-electron chi connectivity index (χ2n) is 4.77. The Hall–Kier alpha value is -2.30. The van der Waals surface area contributed by atoms with E-state index in [4.69, 9.17) is 4.42 Å². The predicted molar refractivity (Wildman–Crippen MR) is 75.0 cm³/mol. The molecule has 0 saturated heterocycles. The largest absolute Gasteiger partial charge is 0.469 e. The van der Waals surface area contributed by atoms with Crippen LogP contribution in [0.25, 0.3) is 0 Å². The first-order valence-corrected chi connectivity index (χ1v) is 6.51. The van der Waals surface area contributed by atoms with Gasteiger partial charge in [-0.3, -0.25) is 9.59 Å². The van der Waals surface area contributed by atoms with Crippen LogP contribution in [0.4, 0.5) is 0 Å². The standard InChI is InChI=1S/C15H18N2O3/c1-9-13(11(3)18)10(2)17-14(9)15(19)16-7-6-12-5-4-8-20-12/h4-5,8,17H,6-7H2,1-3H3,(H,16,19). The van der Waals surface area contributed by atoms with Crippen molar-refractivity contribution >= 4 is 11.7 Å². The molecule has 2 aromatic rings. The number of aryl methyl sites for hydroxylation is 1. The zero-order valence-electron chi connectivity index (χ0n) is 11.9. The van der Waals surface area contributed by atoms with Gasteiger partial charge in [-0.2, -0.15) is 0 Å². The number of rotatable bonds is 5. The fourth-order valence-electron chi connectivity index (χ4n) is 2.35. The molecule has 0 aliphatic rings. The lowest BCUT2D eigenvalue weighted by Gasteiger charge is -2.03. The Labute approximate surface area is 117 Å². The zero-order chi connectivity index (χ0) is 14.7. The van der Waals surface area contributed by atoms with Crippen LogP contribution < -0.4 is 5.32 Å². The van der Waals surface area contributed by atoms with E-state index in [2.05, 4.69) is 10.3 Å². The van der Waals surface area contributed by atoms with Gasteiger partial charge in [0, 0.05) is 24.2 Å². The van der Waals surface area contributed by atoms with Crippen LogP contribution in [0.15, 0.2) is 22.8 Å². The fourth-order valence-corrected chi connectivity index (χ4v) is 2.35. The van der Waals surface area contributed by atoms with Crippen molar-refractivity contribution in [3.63, 3.8) is 0 Å². The summed E-state index contributed by atoms with van der Waals surface area (Å²) in [6.45, 7) is 5.56. The second kappa shape index (κ2) is 5.77. The molecule has 0 radical (unpaired) electrons. The van der Waals surface area contributed by atoms with Crippen molar-refractivity contribution in [3.05, 3.63) is 46.7 Å². The van der Waals surface area contributed by atoms with Gasteiger partial charge in [0.05, 0.1) is 6.26 Å². The quantitative estimate of drug-likeness (QED) is 0.822. The Morgan fingerprint density at radius 1 is 1.35 bits per heavy atom. The fraction of sp³-hybridized carbons (Fsp3) is 0.333. The van der Waals surface area contributed by atoms with Crippen molar-refractivity contribution in [3.8, 4) is 0 Å². The Kier molecular flexibility index (Phi) is 4.08. The molecule has 2 rings (SSSR count). The lowest BCUT2D eigenvalue weighted by atomic mass is 10.1. The van der Waals surface area contributed by atoms with E-state index >= 15 is 0 Å². The van der Waals surface area contributed by atoms with Crippen molar-refractivity contribution in [2.45, 2.75) is 27.2 Å². The van der Waals surface area contributed by atoms with Gasteiger partial charge in [-0.25, -0.2) is 0 Å². The first-order chi connectivity index (χ1) is 9.50. The van der Waals surface area contributed by atoms with Crippen LogP contribution >= 0.6 is 0 Å². The second-order valence-corrected chi connectivity index (χ2v) is 4.77. The highest BCUT2D eigenvalue weighted by Crippen LogP contribution is 2.18. The summed E-state index contributed by atoms with van der Waals surface area (Å²) in [5.41, 5.74) is 2.48. The van der Waals surface area contributed by atoms with E-state index in [1.807, 2.05) is 12.1 Å². The van der Waals surface area contributed by atoms with Gasteiger partial charge in [0.1, 0.15) is 11.5 Å². The Balaban J connectivity index is 2.02. The third-order valence-electron chi connectivity index (χ3n) is 3.25. The van der Waals surface area contributed by atoms with Crippen molar-refractivity contribution < 1.29 is 14.0 Å². The minimum absolute atomic E-state index is 0.0362. The van der Waals surface area contributed by atoms with Gasteiger partial charge in [-0.15, -0.1) is 0 Å². The molecule has 106 valence electrons. The van der Waals surface area contributed by atoms with E-state index < -0.39 is 0 Å². The van der Waals surface area contributed by atoms with Crippen molar-refractivity contribution in [2.24, 2.45) is 0 Å². The molecular weight excluding hydrogens is 256 g/mol. The molecular formula is C15H18N2O3. The van der Waals surface area contributed by atoms with Crippen LogP contribution in [-0.2, 0) is 6.42 Å². The Morgan fingerprint density at radius 2 is 2.10 bits per heavy atom. The molecule has 0 aliphatic heterocycles. The molecule has 5 heteroatoms. The molecule has 0 spiro atoms. The van der Waals surface area contributed by atoms with E-state index in [0.717, 1.165) is 11.5 Å². The molecule has 5 nitrogen and oxygen atoms in total. The normalized spacial score (nSPS) is 10.6. The number of nitrogens with one attached hydrogen (secondary N) is 2. The predicted octanol–water partition coefficient (Wildman–Crippen LogP) is 2.40. The van der Waals surface area contributed by atoms with E-state index in [0.29, 0.717) is 29.8 Å². The first-order valence-electron chi connectivity index (χ1n) is 6.51. The number of aromatic amines is 1. The highest BCUT2D eigenvalue weighted by molar-refractivity contribution is 6.02. The van der Waals surface area contributed by atoms with E-state index in [1.54, 1.807) is 20.1 Å². The van der Waals surface area contributed by atoms with Gasteiger partial charge in [0.15, 0.2) is 5.78 Å². The number of hydrogen-bond acceptors (Lipinski definition) is 3. The van der Waals surface area contributed by atoms with E-state index in [1.165, 1.54) is 6.92 Å². The molecule has 0 unspecified atom stereocenters. The maximum Gasteiger partial charge on any atom is 0.268 e. The zero-order valence-corrected chi connectivity index (χ0v) is 11.9. The number of carbonyl (C=O) groups is 2. The number of hydrogen-bond donors (Lipinski definition) is 2. The summed E-state index contributed by atoms with van der Waals surface area (Å²) in [5, 5.41) is 2.82. The van der Waals surface area contributed by atoms with Crippen molar-refractivity contribution in [1.82, 2.24) is 10.3 Å². The Bertz CT molecular complexity index is 624. The van der Waals surface area contributed by atoms with Crippen molar-refractivity contribution in [1.29, 1.82) is 0 Å². The third-order valence-corrected chi connectivity index (χ3v) is 3.25. The van der Waals surface area contributed by atoms with Gasteiger partial charge >= 0.3 is 0 Å². The molecule has 0 bridgehead atoms. The summed E-state index contributed by atoms with van der Waals surface area (Å²) in [6, 6.07) is 3.68. The van der Waals surface area contributed by atoms with Gasteiger partial charge in [-0.05, 0) is 38.5 Å². The van der Waals surface area contributed by atoms with Crippen LogP contribution in [0, 0.1) is 13.8 Å². The van der Waals surface area contributed by atoms with Crippen LogP contribution in [0.2, 0.25) is 0 Å². The third kappa shape index (κ3) is 2.82. The SMILES string of the molecule is CC(=O)c1c(C)[nH]c(C(=O)NCCc2ccco2)c1C. The number of amides is 1. The maximum absolute atomic E-state index is 12.1. The molecule has 0 atom stereocenters. The van der Waals surface area contributed by atoms with E-state index in [9.17, 15) is 9.59 Å². The molecule has 0 saturated carbocycles. The number of aromatic nitrogens is 1. The molecule has 1 amide bonds. The molecule has 2 heterocycles. The average molecular weight is 274 g/mol. The van der Waals surface area contributed by atoms with Gasteiger partial charge in [0.25, 0.3) is 5.91 Å². The lowest BCUT2D eigenvalue weighted by Crippen LogP contribution is -2.26. The summed E-state index contributed by atoms with van der Waals surface area (Å²) in [5.74, 6) is 0.588. The molecule has 0 aromatic carbocycles. The molecule has 2 aromatic heterocycles. The van der Waals surface area contributed by atoms with Gasteiger partial charge in [-0.1, -0.05) is 0 Å². The van der Waals surface area contributed by atoms with Crippen LogP contribution in [-0.4, -0.2) is 23.2 Å². The smallest absolute Gasteiger partial charge is 0.268 e. The number of carbonyl (C=O) groups excluding carboxylic acids is 2.